The van der Waals surface area contributed by atoms with Crippen LogP contribution in [0.3, 0.4) is 0 Å². The third-order valence-electron chi connectivity index (χ3n) is 3.65. The van der Waals surface area contributed by atoms with Crippen molar-refractivity contribution in [2.75, 3.05) is 19.8 Å². The van der Waals surface area contributed by atoms with E-state index in [0.29, 0.717) is 5.92 Å². The second kappa shape index (κ2) is 5.65. The Kier molecular flexibility index (Phi) is 4.18. The van der Waals surface area contributed by atoms with Gasteiger partial charge in [0.15, 0.2) is 0 Å². The summed E-state index contributed by atoms with van der Waals surface area (Å²) in [5.74, 6) is 0.682. The van der Waals surface area contributed by atoms with Gasteiger partial charge in [-0.2, -0.15) is 5.10 Å². The van der Waals surface area contributed by atoms with Gasteiger partial charge in [-0.3, -0.25) is 4.68 Å². The molecule has 96 valence electrons. The zero-order valence-electron chi connectivity index (χ0n) is 11.1. The molecule has 4 heteroatoms. The van der Waals surface area contributed by atoms with Gasteiger partial charge in [0.25, 0.3) is 0 Å². The van der Waals surface area contributed by atoms with Gasteiger partial charge in [0.2, 0.25) is 0 Å². The van der Waals surface area contributed by atoms with Crippen molar-refractivity contribution in [1.29, 1.82) is 0 Å². The molecule has 0 aromatic carbocycles. The fourth-order valence-corrected chi connectivity index (χ4v) is 2.44. The van der Waals surface area contributed by atoms with Crippen LogP contribution < -0.4 is 5.32 Å². The summed E-state index contributed by atoms with van der Waals surface area (Å²) in [6.45, 7) is 8.03. The van der Waals surface area contributed by atoms with Crippen LogP contribution in [0.5, 0.6) is 0 Å². The van der Waals surface area contributed by atoms with Gasteiger partial charge >= 0.3 is 0 Å². The van der Waals surface area contributed by atoms with Gasteiger partial charge in [-0.1, -0.05) is 0 Å². The van der Waals surface area contributed by atoms with Crippen molar-refractivity contribution < 1.29 is 4.74 Å². The molecule has 17 heavy (non-hydrogen) atoms. The molecule has 1 atom stereocenters. The monoisotopic (exact) mass is 237 g/mol. The van der Waals surface area contributed by atoms with E-state index in [9.17, 15) is 0 Å². The summed E-state index contributed by atoms with van der Waals surface area (Å²) in [7, 11) is 2.00. The summed E-state index contributed by atoms with van der Waals surface area (Å²) in [6, 6.07) is 0. The van der Waals surface area contributed by atoms with Crippen LogP contribution in [0.25, 0.3) is 0 Å². The average Bonchev–Trinajstić information content (AvgIpc) is 2.57. The van der Waals surface area contributed by atoms with E-state index in [1.807, 2.05) is 11.7 Å². The quantitative estimate of drug-likeness (QED) is 0.863. The maximum atomic E-state index is 5.48. The number of aryl methyl sites for hydroxylation is 2. The summed E-state index contributed by atoms with van der Waals surface area (Å²) < 4.78 is 7.43. The average molecular weight is 237 g/mol. The van der Waals surface area contributed by atoms with Gasteiger partial charge < -0.3 is 10.1 Å². The van der Waals surface area contributed by atoms with E-state index in [0.717, 1.165) is 32.0 Å². The first-order valence-corrected chi connectivity index (χ1v) is 6.46. The summed E-state index contributed by atoms with van der Waals surface area (Å²) in [5.41, 5.74) is 3.73. The number of hydrogen-bond donors (Lipinski definition) is 1. The van der Waals surface area contributed by atoms with Crippen molar-refractivity contribution in [3.63, 3.8) is 0 Å². The van der Waals surface area contributed by atoms with Crippen LogP contribution in [0.15, 0.2) is 0 Å². The molecule has 1 aromatic heterocycles. The summed E-state index contributed by atoms with van der Waals surface area (Å²) in [5, 5.41) is 7.96. The van der Waals surface area contributed by atoms with Gasteiger partial charge in [0.05, 0.1) is 12.3 Å². The Hall–Kier alpha value is -0.870. The molecule has 2 rings (SSSR count). The minimum atomic E-state index is 0.682. The van der Waals surface area contributed by atoms with E-state index in [2.05, 4.69) is 24.3 Å². The Morgan fingerprint density at radius 2 is 2.29 bits per heavy atom. The molecule has 4 nitrogen and oxygen atoms in total. The molecule has 0 bridgehead atoms. The number of hydrogen-bond acceptors (Lipinski definition) is 3. The van der Waals surface area contributed by atoms with Crippen molar-refractivity contribution in [2.24, 2.45) is 13.0 Å². The van der Waals surface area contributed by atoms with Crippen molar-refractivity contribution in [2.45, 2.75) is 33.2 Å². The maximum absolute atomic E-state index is 5.48. The Bertz CT molecular complexity index is 367. The highest BCUT2D eigenvalue weighted by Crippen LogP contribution is 2.14. The lowest BCUT2D eigenvalue weighted by atomic mass is 10.0. The van der Waals surface area contributed by atoms with Crippen molar-refractivity contribution >= 4 is 0 Å². The zero-order valence-corrected chi connectivity index (χ0v) is 11.1. The van der Waals surface area contributed by atoms with Crippen LogP contribution in [0, 0.1) is 19.8 Å². The van der Waals surface area contributed by atoms with Crippen LogP contribution in [0.4, 0.5) is 0 Å². The molecule has 0 saturated carbocycles. The number of ether oxygens (including phenoxy) is 1. The molecule has 1 unspecified atom stereocenters. The van der Waals surface area contributed by atoms with E-state index >= 15 is 0 Å². The van der Waals surface area contributed by atoms with Crippen LogP contribution in [-0.2, 0) is 18.3 Å². The molecule has 0 amide bonds. The lowest BCUT2D eigenvalue weighted by Crippen LogP contribution is -2.29. The van der Waals surface area contributed by atoms with Gasteiger partial charge in [-0.25, -0.2) is 0 Å². The smallest absolute Gasteiger partial charge is 0.0641 e. The molecular formula is C13H23N3O. The van der Waals surface area contributed by atoms with Gasteiger partial charge in [0.1, 0.15) is 0 Å². The molecule has 1 fully saturated rings. The lowest BCUT2D eigenvalue weighted by molar-refractivity contribution is 0.0547. The molecule has 1 aliphatic rings. The molecule has 2 heterocycles. The van der Waals surface area contributed by atoms with Crippen molar-refractivity contribution in [3.05, 3.63) is 17.0 Å². The first-order valence-electron chi connectivity index (χ1n) is 6.46. The SMILES string of the molecule is Cc1nn(C)c(C)c1CNCC1CCCOC1. The van der Waals surface area contributed by atoms with E-state index in [1.165, 1.54) is 24.1 Å². The fraction of sp³-hybridized carbons (Fsp3) is 0.769. The Morgan fingerprint density at radius 1 is 1.47 bits per heavy atom. The zero-order chi connectivity index (χ0) is 12.3. The lowest BCUT2D eigenvalue weighted by Gasteiger charge is -2.22. The largest absolute Gasteiger partial charge is 0.381 e. The number of rotatable bonds is 4. The fourth-order valence-electron chi connectivity index (χ4n) is 2.44. The van der Waals surface area contributed by atoms with Crippen LogP contribution in [0.1, 0.15) is 29.8 Å². The minimum absolute atomic E-state index is 0.682. The second-order valence-corrected chi connectivity index (χ2v) is 4.99. The predicted molar refractivity (Wildman–Crippen MR) is 67.9 cm³/mol. The first-order chi connectivity index (χ1) is 8.18. The van der Waals surface area contributed by atoms with Crippen molar-refractivity contribution in [3.8, 4) is 0 Å². The standard InChI is InChI=1S/C13H23N3O/c1-10-13(11(2)16(3)15-10)8-14-7-12-5-4-6-17-9-12/h12,14H,4-9H2,1-3H3. The number of nitrogens with one attached hydrogen (secondary N) is 1. The molecule has 0 aliphatic carbocycles. The highest BCUT2D eigenvalue weighted by molar-refractivity contribution is 5.23. The van der Waals surface area contributed by atoms with Gasteiger partial charge in [-0.15, -0.1) is 0 Å². The molecule has 0 spiro atoms. The van der Waals surface area contributed by atoms with Crippen molar-refractivity contribution in [1.82, 2.24) is 15.1 Å². The van der Waals surface area contributed by atoms with E-state index in [4.69, 9.17) is 4.74 Å². The summed E-state index contributed by atoms with van der Waals surface area (Å²) >= 11 is 0. The second-order valence-electron chi connectivity index (χ2n) is 4.99. The highest BCUT2D eigenvalue weighted by Gasteiger charge is 2.14. The minimum Gasteiger partial charge on any atom is -0.381 e. The van der Waals surface area contributed by atoms with Gasteiger partial charge in [0, 0.05) is 38.0 Å². The molecule has 1 aliphatic heterocycles. The summed E-state index contributed by atoms with van der Waals surface area (Å²) in [4.78, 5) is 0. The molecule has 0 radical (unpaired) electrons. The third-order valence-corrected chi connectivity index (χ3v) is 3.65. The normalized spacial score (nSPS) is 20.8. The number of nitrogens with zero attached hydrogens (tertiary/aromatic N) is 2. The predicted octanol–water partition coefficient (Wildman–Crippen LogP) is 1.55. The van der Waals surface area contributed by atoms with Gasteiger partial charge in [-0.05, 0) is 32.6 Å². The van der Waals surface area contributed by atoms with E-state index in [-0.39, 0.29) is 0 Å². The molecular weight excluding hydrogens is 214 g/mol. The first kappa shape index (κ1) is 12.6. The summed E-state index contributed by atoms with van der Waals surface area (Å²) in [6.07, 6.45) is 2.50. The Labute approximate surface area is 103 Å². The van der Waals surface area contributed by atoms with Crippen LogP contribution >= 0.6 is 0 Å². The number of aromatic nitrogens is 2. The Balaban J connectivity index is 1.81. The van der Waals surface area contributed by atoms with Crippen LogP contribution in [-0.4, -0.2) is 29.5 Å². The maximum Gasteiger partial charge on any atom is 0.0641 e. The van der Waals surface area contributed by atoms with E-state index < -0.39 is 0 Å². The van der Waals surface area contributed by atoms with Crippen LogP contribution in [0.2, 0.25) is 0 Å². The molecule has 1 saturated heterocycles. The molecule has 1 N–H and O–H groups in total. The third kappa shape index (κ3) is 3.07. The molecule has 1 aromatic rings. The Morgan fingerprint density at radius 3 is 2.88 bits per heavy atom. The highest BCUT2D eigenvalue weighted by atomic mass is 16.5. The van der Waals surface area contributed by atoms with E-state index in [1.54, 1.807) is 0 Å². The topological polar surface area (TPSA) is 39.1 Å².